The van der Waals surface area contributed by atoms with Crippen LogP contribution in [0.2, 0.25) is 0 Å². The zero-order valence-electron chi connectivity index (χ0n) is 13.2. The highest BCUT2D eigenvalue weighted by Gasteiger charge is 2.57. The molecule has 2 N–H and O–H groups in total. The smallest absolute Gasteiger partial charge is 0.0746 e. The van der Waals surface area contributed by atoms with Gasteiger partial charge in [0.25, 0.3) is 0 Å². The molecular weight excluding hydrogens is 238 g/mol. The second-order valence-electron chi connectivity index (χ2n) is 7.87. The van der Waals surface area contributed by atoms with Gasteiger partial charge in [-0.15, -0.1) is 0 Å². The summed E-state index contributed by atoms with van der Waals surface area (Å²) in [5.74, 6) is 1.16. The number of nitrogens with one attached hydrogen (secondary N) is 1. The molecule has 1 saturated carbocycles. The van der Waals surface area contributed by atoms with Gasteiger partial charge in [0.2, 0.25) is 0 Å². The van der Waals surface area contributed by atoms with Gasteiger partial charge in [0.1, 0.15) is 0 Å². The molecule has 2 rings (SSSR count). The summed E-state index contributed by atoms with van der Waals surface area (Å²) in [6.07, 6.45) is 3.70. The molecule has 2 aliphatic rings. The van der Waals surface area contributed by atoms with E-state index in [1.54, 1.807) is 0 Å². The topological polar surface area (TPSA) is 41.5 Å². The summed E-state index contributed by atoms with van der Waals surface area (Å²) in [6.45, 7) is 12.4. The average Bonchev–Trinajstić information content (AvgIpc) is 2.26. The van der Waals surface area contributed by atoms with Crippen LogP contribution in [-0.4, -0.2) is 36.0 Å². The number of hydrogen-bond acceptors (Lipinski definition) is 3. The van der Waals surface area contributed by atoms with Gasteiger partial charge in [-0.05, 0) is 32.1 Å². The molecular formula is C16H31NO2. The van der Waals surface area contributed by atoms with Gasteiger partial charge in [-0.25, -0.2) is 0 Å². The first kappa shape index (κ1) is 15.3. The minimum atomic E-state index is -0.606. The number of fused-ring (bicyclic) bond motifs is 1. The van der Waals surface area contributed by atoms with Crippen LogP contribution < -0.4 is 5.32 Å². The summed E-state index contributed by atoms with van der Waals surface area (Å²) >= 11 is 0. The molecule has 0 aromatic heterocycles. The van der Waals surface area contributed by atoms with Crippen LogP contribution in [0, 0.1) is 17.3 Å². The van der Waals surface area contributed by atoms with Gasteiger partial charge in [0.15, 0.2) is 0 Å². The fraction of sp³-hybridized carbons (Fsp3) is 1.00. The predicted octanol–water partition coefficient (Wildman–Crippen LogP) is 2.58. The quantitative estimate of drug-likeness (QED) is 0.806. The van der Waals surface area contributed by atoms with Crippen LogP contribution in [0.4, 0.5) is 0 Å². The molecule has 1 heterocycles. The van der Waals surface area contributed by atoms with E-state index in [2.05, 4.69) is 33.0 Å². The van der Waals surface area contributed by atoms with Gasteiger partial charge in [0, 0.05) is 30.5 Å². The maximum absolute atomic E-state index is 10.4. The lowest BCUT2D eigenvalue weighted by atomic mass is 9.55. The summed E-state index contributed by atoms with van der Waals surface area (Å²) in [4.78, 5) is 0. The van der Waals surface area contributed by atoms with Crippen LogP contribution in [0.3, 0.4) is 0 Å². The van der Waals surface area contributed by atoms with Crippen LogP contribution in [0.25, 0.3) is 0 Å². The molecule has 1 aliphatic heterocycles. The molecule has 3 nitrogen and oxygen atoms in total. The SMILES string of the molecule is CC(C)CC(C)(O)CNC1C2CCCOC2C1(C)C. The van der Waals surface area contributed by atoms with Crippen LogP contribution in [-0.2, 0) is 4.74 Å². The second-order valence-corrected chi connectivity index (χ2v) is 7.87. The van der Waals surface area contributed by atoms with E-state index in [4.69, 9.17) is 4.74 Å². The van der Waals surface area contributed by atoms with Crippen LogP contribution in [0.1, 0.15) is 53.9 Å². The van der Waals surface area contributed by atoms with E-state index in [1.807, 2.05) is 6.92 Å². The number of aliphatic hydroxyl groups is 1. The predicted molar refractivity (Wildman–Crippen MR) is 78.1 cm³/mol. The molecule has 4 unspecified atom stereocenters. The summed E-state index contributed by atoms with van der Waals surface area (Å²) in [5, 5.41) is 14.1. The number of rotatable bonds is 5. The van der Waals surface area contributed by atoms with Crippen molar-refractivity contribution in [3.8, 4) is 0 Å². The molecule has 0 radical (unpaired) electrons. The minimum absolute atomic E-state index is 0.193. The summed E-state index contributed by atoms with van der Waals surface area (Å²) in [6, 6.07) is 0.483. The van der Waals surface area contributed by atoms with Gasteiger partial charge in [-0.2, -0.15) is 0 Å². The lowest BCUT2D eigenvalue weighted by Crippen LogP contribution is -2.70. The molecule has 0 amide bonds. The van der Waals surface area contributed by atoms with Crippen LogP contribution >= 0.6 is 0 Å². The molecule has 3 heteroatoms. The zero-order chi connectivity index (χ0) is 14.3. The maximum Gasteiger partial charge on any atom is 0.0746 e. The fourth-order valence-electron chi connectivity index (χ4n) is 4.22. The molecule has 19 heavy (non-hydrogen) atoms. The van der Waals surface area contributed by atoms with Crippen molar-refractivity contribution in [1.29, 1.82) is 0 Å². The molecule has 0 aromatic carbocycles. The lowest BCUT2D eigenvalue weighted by molar-refractivity contribution is -0.194. The third-order valence-corrected chi connectivity index (χ3v) is 4.88. The summed E-state index contributed by atoms with van der Waals surface area (Å²) < 4.78 is 5.92. The highest BCUT2D eigenvalue weighted by atomic mass is 16.5. The Kier molecular flexibility index (Phi) is 4.29. The average molecular weight is 269 g/mol. The van der Waals surface area contributed by atoms with Crippen molar-refractivity contribution in [2.75, 3.05) is 13.2 Å². The summed E-state index contributed by atoms with van der Waals surface area (Å²) in [5.41, 5.74) is -0.413. The molecule has 1 aliphatic carbocycles. The third-order valence-electron chi connectivity index (χ3n) is 4.88. The first-order chi connectivity index (χ1) is 8.74. The van der Waals surface area contributed by atoms with Crippen LogP contribution in [0.5, 0.6) is 0 Å². The van der Waals surface area contributed by atoms with Crippen molar-refractivity contribution in [2.24, 2.45) is 17.3 Å². The minimum Gasteiger partial charge on any atom is -0.389 e. The Morgan fingerprint density at radius 1 is 1.42 bits per heavy atom. The van der Waals surface area contributed by atoms with Gasteiger partial charge in [-0.3, -0.25) is 0 Å². The highest BCUT2D eigenvalue weighted by Crippen LogP contribution is 2.51. The van der Waals surface area contributed by atoms with E-state index in [9.17, 15) is 5.11 Å². The number of ether oxygens (including phenoxy) is 1. The van der Waals surface area contributed by atoms with E-state index in [0.29, 0.717) is 30.5 Å². The van der Waals surface area contributed by atoms with Crippen molar-refractivity contribution >= 4 is 0 Å². The van der Waals surface area contributed by atoms with Crippen molar-refractivity contribution in [3.05, 3.63) is 0 Å². The zero-order valence-corrected chi connectivity index (χ0v) is 13.2. The molecule has 112 valence electrons. The molecule has 0 aromatic rings. The molecule has 0 spiro atoms. The van der Waals surface area contributed by atoms with E-state index in [-0.39, 0.29) is 5.41 Å². The van der Waals surface area contributed by atoms with Gasteiger partial charge in [0.05, 0.1) is 11.7 Å². The Morgan fingerprint density at radius 2 is 2.11 bits per heavy atom. The van der Waals surface area contributed by atoms with Crippen LogP contribution in [0.15, 0.2) is 0 Å². The van der Waals surface area contributed by atoms with Gasteiger partial charge < -0.3 is 15.2 Å². The van der Waals surface area contributed by atoms with Crippen molar-refractivity contribution in [3.63, 3.8) is 0 Å². The van der Waals surface area contributed by atoms with E-state index < -0.39 is 5.60 Å². The molecule has 0 bridgehead atoms. The lowest BCUT2D eigenvalue weighted by Gasteiger charge is -2.60. The van der Waals surface area contributed by atoms with Crippen molar-refractivity contribution in [1.82, 2.24) is 5.32 Å². The third kappa shape index (κ3) is 3.14. The standard InChI is InChI=1S/C16H31NO2/c1-11(2)9-16(5,18)10-17-13-12-7-6-8-19-14(12)15(13,3)4/h11-14,17-18H,6-10H2,1-5H3. The Morgan fingerprint density at radius 3 is 2.74 bits per heavy atom. The molecule has 2 fully saturated rings. The fourth-order valence-corrected chi connectivity index (χ4v) is 4.22. The monoisotopic (exact) mass is 269 g/mol. The maximum atomic E-state index is 10.4. The largest absolute Gasteiger partial charge is 0.389 e. The Bertz CT molecular complexity index is 312. The van der Waals surface area contributed by atoms with Crippen molar-refractivity contribution < 1.29 is 9.84 Å². The van der Waals surface area contributed by atoms with Gasteiger partial charge in [-0.1, -0.05) is 27.7 Å². The second kappa shape index (κ2) is 5.34. The Balaban J connectivity index is 1.89. The highest BCUT2D eigenvalue weighted by molar-refractivity contribution is 5.10. The molecule has 1 saturated heterocycles. The van der Waals surface area contributed by atoms with Crippen molar-refractivity contribution in [2.45, 2.75) is 71.6 Å². The van der Waals surface area contributed by atoms with E-state index in [1.165, 1.54) is 12.8 Å². The van der Waals surface area contributed by atoms with E-state index >= 15 is 0 Å². The first-order valence-corrected chi connectivity index (χ1v) is 7.81. The summed E-state index contributed by atoms with van der Waals surface area (Å²) in [7, 11) is 0. The Hall–Kier alpha value is -0.120. The first-order valence-electron chi connectivity index (χ1n) is 7.81. The normalized spacial score (nSPS) is 36.5. The van der Waals surface area contributed by atoms with E-state index in [0.717, 1.165) is 13.0 Å². The van der Waals surface area contributed by atoms with Gasteiger partial charge >= 0.3 is 0 Å². The number of hydrogen-bond donors (Lipinski definition) is 2. The molecule has 4 atom stereocenters. The Labute approximate surface area is 118 Å².